The number of aryl methyl sites for hydroxylation is 2. The highest BCUT2D eigenvalue weighted by Crippen LogP contribution is 2.30. The lowest BCUT2D eigenvalue weighted by atomic mass is 10.1. The van der Waals surface area contributed by atoms with Crippen molar-refractivity contribution in [2.75, 3.05) is 0 Å². The number of benzene rings is 2. The molecule has 0 aliphatic carbocycles. The number of nitrogens with two attached hydrogens (primary N) is 1. The van der Waals surface area contributed by atoms with Crippen LogP contribution in [0, 0.1) is 13.8 Å². The summed E-state index contributed by atoms with van der Waals surface area (Å²) in [6.07, 6.45) is 0. The minimum atomic E-state index is -0.208. The quantitative estimate of drug-likeness (QED) is 0.887. The molecule has 0 radical (unpaired) electrons. The molecular formula is C19H25NO2. The van der Waals surface area contributed by atoms with Crippen molar-refractivity contribution in [1.29, 1.82) is 0 Å². The minimum absolute atomic E-state index is 0.208. The second-order valence-electron chi connectivity index (χ2n) is 6.54. The van der Waals surface area contributed by atoms with E-state index in [0.717, 1.165) is 28.4 Å². The fourth-order valence-corrected chi connectivity index (χ4v) is 2.20. The molecule has 118 valence electrons. The van der Waals surface area contributed by atoms with E-state index in [9.17, 15) is 0 Å². The van der Waals surface area contributed by atoms with Gasteiger partial charge in [0.1, 0.15) is 22.8 Å². The first-order valence-corrected chi connectivity index (χ1v) is 7.55. The van der Waals surface area contributed by atoms with Gasteiger partial charge in [0.15, 0.2) is 0 Å². The maximum absolute atomic E-state index is 5.93. The monoisotopic (exact) mass is 299 g/mol. The van der Waals surface area contributed by atoms with Gasteiger partial charge in [0, 0.05) is 6.54 Å². The van der Waals surface area contributed by atoms with Crippen LogP contribution in [0.25, 0.3) is 0 Å². The van der Waals surface area contributed by atoms with Gasteiger partial charge >= 0.3 is 0 Å². The molecule has 0 spiro atoms. The zero-order valence-corrected chi connectivity index (χ0v) is 14.1. The molecule has 0 unspecified atom stereocenters. The maximum Gasteiger partial charge on any atom is 0.127 e. The van der Waals surface area contributed by atoms with E-state index in [-0.39, 0.29) is 5.60 Å². The van der Waals surface area contributed by atoms with Gasteiger partial charge in [-0.05, 0) is 81.6 Å². The summed E-state index contributed by atoms with van der Waals surface area (Å²) in [5.41, 5.74) is 8.87. The van der Waals surface area contributed by atoms with Crippen LogP contribution in [-0.4, -0.2) is 5.60 Å². The van der Waals surface area contributed by atoms with Crippen molar-refractivity contribution < 1.29 is 9.47 Å². The van der Waals surface area contributed by atoms with Crippen molar-refractivity contribution in [3.8, 4) is 17.2 Å². The maximum atomic E-state index is 5.93. The van der Waals surface area contributed by atoms with Crippen molar-refractivity contribution in [1.82, 2.24) is 0 Å². The fraction of sp³-hybridized carbons (Fsp3) is 0.368. The Bertz CT molecular complexity index is 657. The van der Waals surface area contributed by atoms with E-state index in [1.807, 2.05) is 64.1 Å². The summed E-state index contributed by atoms with van der Waals surface area (Å²) < 4.78 is 11.8. The molecule has 2 aromatic carbocycles. The summed E-state index contributed by atoms with van der Waals surface area (Å²) in [5, 5.41) is 0. The summed E-state index contributed by atoms with van der Waals surface area (Å²) in [6.45, 7) is 10.7. The van der Waals surface area contributed by atoms with E-state index in [1.165, 1.54) is 5.56 Å². The fourth-order valence-electron chi connectivity index (χ4n) is 2.20. The lowest BCUT2D eigenvalue weighted by molar-refractivity contribution is 0.129. The van der Waals surface area contributed by atoms with Gasteiger partial charge in [-0.3, -0.25) is 0 Å². The summed E-state index contributed by atoms with van der Waals surface area (Å²) in [6, 6.07) is 11.8. The minimum Gasteiger partial charge on any atom is -0.488 e. The molecule has 0 amide bonds. The van der Waals surface area contributed by atoms with Crippen molar-refractivity contribution in [3.63, 3.8) is 0 Å². The highest BCUT2D eigenvalue weighted by molar-refractivity contribution is 5.43. The Labute approximate surface area is 133 Å². The van der Waals surface area contributed by atoms with Gasteiger partial charge in [0.25, 0.3) is 0 Å². The number of ether oxygens (including phenoxy) is 2. The molecule has 0 heterocycles. The van der Waals surface area contributed by atoms with E-state index in [2.05, 4.69) is 6.92 Å². The Hall–Kier alpha value is -2.00. The third-order valence-electron chi connectivity index (χ3n) is 3.34. The Kier molecular flexibility index (Phi) is 4.77. The van der Waals surface area contributed by atoms with Gasteiger partial charge in [-0.25, -0.2) is 0 Å². The van der Waals surface area contributed by atoms with Crippen molar-refractivity contribution in [2.45, 2.75) is 46.8 Å². The predicted molar refractivity (Wildman–Crippen MR) is 90.7 cm³/mol. The molecule has 3 nitrogen and oxygen atoms in total. The SMILES string of the molecule is Cc1ccc(Oc2ccc(OC(C)(C)C)c(C)c2)cc1CN. The molecule has 0 fully saturated rings. The summed E-state index contributed by atoms with van der Waals surface area (Å²) in [7, 11) is 0. The van der Waals surface area contributed by atoms with Crippen molar-refractivity contribution in [3.05, 3.63) is 53.1 Å². The standard InChI is InChI=1S/C19H25NO2/c1-13-6-7-17(11-15(13)12-20)21-16-8-9-18(14(2)10-16)22-19(3,4)5/h6-11H,12,20H2,1-5H3. The van der Waals surface area contributed by atoms with Crippen molar-refractivity contribution in [2.24, 2.45) is 5.73 Å². The molecule has 2 rings (SSSR count). The highest BCUT2D eigenvalue weighted by Gasteiger charge is 2.13. The van der Waals surface area contributed by atoms with Crippen molar-refractivity contribution >= 4 is 0 Å². The van der Waals surface area contributed by atoms with E-state index in [1.54, 1.807) is 0 Å². The van der Waals surface area contributed by atoms with Gasteiger partial charge in [-0.1, -0.05) is 6.07 Å². The van der Waals surface area contributed by atoms with Crippen LogP contribution in [0.5, 0.6) is 17.2 Å². The first-order chi connectivity index (χ1) is 10.3. The van der Waals surface area contributed by atoms with Crippen LogP contribution in [0.15, 0.2) is 36.4 Å². The Morgan fingerprint density at radius 2 is 1.55 bits per heavy atom. The van der Waals surface area contributed by atoms with Crippen LogP contribution in [-0.2, 0) is 6.54 Å². The topological polar surface area (TPSA) is 44.5 Å². The first-order valence-electron chi connectivity index (χ1n) is 7.55. The molecule has 2 aromatic rings. The van der Waals surface area contributed by atoms with Crippen LogP contribution in [0.3, 0.4) is 0 Å². The number of hydrogen-bond acceptors (Lipinski definition) is 3. The van der Waals surface area contributed by atoms with E-state index >= 15 is 0 Å². The summed E-state index contributed by atoms with van der Waals surface area (Å²) in [4.78, 5) is 0. The molecule has 0 aromatic heterocycles. The molecule has 0 saturated heterocycles. The van der Waals surface area contributed by atoms with Gasteiger partial charge in [0.05, 0.1) is 0 Å². The van der Waals surface area contributed by atoms with Crippen LogP contribution in [0.1, 0.15) is 37.5 Å². The molecule has 0 aliphatic rings. The average molecular weight is 299 g/mol. The van der Waals surface area contributed by atoms with E-state index in [0.29, 0.717) is 6.54 Å². The highest BCUT2D eigenvalue weighted by atomic mass is 16.5. The second kappa shape index (κ2) is 6.41. The Balaban J connectivity index is 2.19. The number of hydrogen-bond donors (Lipinski definition) is 1. The zero-order chi connectivity index (χ0) is 16.3. The lowest BCUT2D eigenvalue weighted by Crippen LogP contribution is -2.23. The largest absolute Gasteiger partial charge is 0.488 e. The van der Waals surface area contributed by atoms with Crippen LogP contribution < -0.4 is 15.2 Å². The molecule has 0 saturated carbocycles. The molecule has 2 N–H and O–H groups in total. The molecule has 3 heteroatoms. The molecular weight excluding hydrogens is 274 g/mol. The van der Waals surface area contributed by atoms with Gasteiger partial charge in [-0.2, -0.15) is 0 Å². The van der Waals surface area contributed by atoms with Crippen LogP contribution in [0.2, 0.25) is 0 Å². The van der Waals surface area contributed by atoms with Crippen LogP contribution >= 0.6 is 0 Å². The van der Waals surface area contributed by atoms with E-state index in [4.69, 9.17) is 15.2 Å². The molecule has 0 bridgehead atoms. The van der Waals surface area contributed by atoms with Gasteiger partial charge < -0.3 is 15.2 Å². The third kappa shape index (κ3) is 4.25. The van der Waals surface area contributed by atoms with Crippen LogP contribution in [0.4, 0.5) is 0 Å². The molecule has 22 heavy (non-hydrogen) atoms. The normalized spacial score (nSPS) is 11.4. The predicted octanol–water partition coefficient (Wildman–Crippen LogP) is 4.73. The summed E-state index contributed by atoms with van der Waals surface area (Å²) >= 11 is 0. The average Bonchev–Trinajstić information content (AvgIpc) is 2.43. The Morgan fingerprint density at radius 1 is 0.909 bits per heavy atom. The van der Waals surface area contributed by atoms with Gasteiger partial charge in [-0.15, -0.1) is 0 Å². The van der Waals surface area contributed by atoms with Gasteiger partial charge in [0.2, 0.25) is 0 Å². The zero-order valence-electron chi connectivity index (χ0n) is 14.1. The molecule has 0 aliphatic heterocycles. The third-order valence-corrected chi connectivity index (χ3v) is 3.34. The lowest BCUT2D eigenvalue weighted by Gasteiger charge is -2.23. The smallest absolute Gasteiger partial charge is 0.127 e. The Morgan fingerprint density at radius 3 is 2.14 bits per heavy atom. The summed E-state index contributed by atoms with van der Waals surface area (Å²) in [5.74, 6) is 2.48. The molecule has 0 atom stereocenters. The number of rotatable bonds is 4. The second-order valence-corrected chi connectivity index (χ2v) is 6.54. The van der Waals surface area contributed by atoms with E-state index < -0.39 is 0 Å². The first kappa shape index (κ1) is 16.4.